The lowest BCUT2D eigenvalue weighted by Gasteiger charge is -2.41. The number of nitrogens with two attached hydrogens (primary N) is 1. The first kappa shape index (κ1) is 21.9. The Morgan fingerprint density at radius 3 is 2.52 bits per heavy atom. The van der Waals surface area contributed by atoms with Crippen molar-refractivity contribution < 1.29 is 23.5 Å². The molecule has 3 atom stereocenters. The largest absolute Gasteiger partial charge is 0.544 e. The third-order valence-electron chi connectivity index (χ3n) is 4.88. The smallest absolute Gasteiger partial charge is 0.339 e. The van der Waals surface area contributed by atoms with E-state index in [1.807, 2.05) is 6.92 Å². The van der Waals surface area contributed by atoms with Gasteiger partial charge in [0.15, 0.2) is 0 Å². The fraction of sp³-hybridized carbons (Fsp3) is 0.526. The van der Waals surface area contributed by atoms with Crippen molar-refractivity contribution in [1.29, 1.82) is 0 Å². The number of carbonyl (C=O) groups is 1. The van der Waals surface area contributed by atoms with Gasteiger partial charge in [0, 0.05) is 5.02 Å². The zero-order valence-electron chi connectivity index (χ0n) is 16.6. The van der Waals surface area contributed by atoms with Crippen LogP contribution in [0, 0.1) is 0 Å². The van der Waals surface area contributed by atoms with E-state index in [1.165, 1.54) is 6.07 Å². The Morgan fingerprint density at radius 1 is 1.30 bits per heavy atom. The summed E-state index contributed by atoms with van der Waals surface area (Å²) < 4.78 is 17.7. The highest BCUT2D eigenvalue weighted by molar-refractivity contribution is 6.74. The van der Waals surface area contributed by atoms with Gasteiger partial charge in [0.1, 0.15) is 5.76 Å². The molecule has 1 aromatic carbocycles. The molecule has 2 rings (SSSR count). The van der Waals surface area contributed by atoms with Crippen molar-refractivity contribution in [3.8, 4) is 0 Å². The standard InChI is InChI=1S/C19H28ClNO5Si/c1-12-10-15(26-27(5,6)19(2,3)4)16(18(23-12)25-21)24-17(22)13-8-7-9-14(20)11-13/h7-12,16,18H,21H2,1-6H3/t12-,16-,18+/m1/s1. The molecule has 8 heteroatoms. The van der Waals surface area contributed by atoms with Crippen molar-refractivity contribution in [2.75, 3.05) is 0 Å². The highest BCUT2D eigenvalue weighted by Crippen LogP contribution is 2.40. The average molecular weight is 414 g/mol. The zero-order valence-corrected chi connectivity index (χ0v) is 18.4. The Balaban J connectivity index is 2.30. The van der Waals surface area contributed by atoms with Crippen molar-refractivity contribution in [2.24, 2.45) is 5.90 Å². The normalized spacial score (nSPS) is 23.6. The van der Waals surface area contributed by atoms with Gasteiger partial charge in [0.2, 0.25) is 20.7 Å². The Bertz CT molecular complexity index is 716. The Hall–Kier alpha value is -1.38. The summed E-state index contributed by atoms with van der Waals surface area (Å²) in [5, 5.41) is 0.411. The molecule has 1 aliphatic heterocycles. The molecule has 0 bridgehead atoms. The van der Waals surface area contributed by atoms with Gasteiger partial charge in [0.05, 0.1) is 11.7 Å². The quantitative estimate of drug-likeness (QED) is 0.437. The van der Waals surface area contributed by atoms with E-state index in [1.54, 1.807) is 24.3 Å². The fourth-order valence-electron chi connectivity index (χ4n) is 2.34. The summed E-state index contributed by atoms with van der Waals surface area (Å²) in [6, 6.07) is 6.52. The monoisotopic (exact) mass is 413 g/mol. The van der Waals surface area contributed by atoms with Crippen LogP contribution in [0.25, 0.3) is 0 Å². The Morgan fingerprint density at radius 2 is 1.96 bits per heavy atom. The van der Waals surface area contributed by atoms with Crippen LogP contribution in [-0.2, 0) is 18.7 Å². The number of halogens is 1. The van der Waals surface area contributed by atoms with Gasteiger partial charge in [-0.3, -0.25) is 4.84 Å². The van der Waals surface area contributed by atoms with Crippen molar-refractivity contribution in [3.05, 3.63) is 46.7 Å². The molecule has 27 heavy (non-hydrogen) atoms. The first-order chi connectivity index (χ1) is 12.4. The molecule has 1 aromatic rings. The van der Waals surface area contributed by atoms with Crippen LogP contribution in [0.3, 0.4) is 0 Å². The first-order valence-corrected chi connectivity index (χ1v) is 12.1. The lowest BCUT2D eigenvalue weighted by Crippen LogP contribution is -2.49. The van der Waals surface area contributed by atoms with Crippen molar-refractivity contribution in [2.45, 2.75) is 64.3 Å². The lowest BCUT2D eigenvalue weighted by molar-refractivity contribution is -0.213. The average Bonchev–Trinajstić information content (AvgIpc) is 2.55. The second-order valence-corrected chi connectivity index (χ2v) is 13.3. The maximum atomic E-state index is 12.6. The molecule has 0 aliphatic carbocycles. The molecule has 0 radical (unpaired) electrons. The van der Waals surface area contributed by atoms with Gasteiger partial charge >= 0.3 is 5.97 Å². The number of ether oxygens (including phenoxy) is 2. The number of benzene rings is 1. The van der Waals surface area contributed by atoms with Crippen LogP contribution in [0.15, 0.2) is 36.1 Å². The summed E-state index contributed by atoms with van der Waals surface area (Å²) in [6.45, 7) is 12.5. The van der Waals surface area contributed by atoms with Crippen LogP contribution in [0.4, 0.5) is 0 Å². The summed E-state index contributed by atoms with van der Waals surface area (Å²) in [5.74, 6) is 5.34. The molecule has 1 aliphatic rings. The first-order valence-electron chi connectivity index (χ1n) is 8.83. The van der Waals surface area contributed by atoms with E-state index in [4.69, 9.17) is 36.2 Å². The van der Waals surface area contributed by atoms with Gasteiger partial charge in [-0.1, -0.05) is 38.4 Å². The molecule has 0 amide bonds. The molecule has 150 valence electrons. The van der Waals surface area contributed by atoms with Crippen LogP contribution in [0.1, 0.15) is 38.1 Å². The predicted molar refractivity (Wildman–Crippen MR) is 107 cm³/mol. The van der Waals surface area contributed by atoms with Crippen molar-refractivity contribution >= 4 is 25.9 Å². The SMILES string of the molecule is C[C@@H]1C=C(O[Si](C)(C)C(C)(C)C)[C@@H](OC(=O)c2cccc(Cl)c2)[C@H](ON)O1. The minimum absolute atomic E-state index is 0.0318. The van der Waals surface area contributed by atoms with Gasteiger partial charge in [-0.15, -0.1) is 0 Å². The third kappa shape index (κ3) is 5.33. The Labute approximate surface area is 166 Å². The molecule has 0 aromatic heterocycles. The van der Waals surface area contributed by atoms with Crippen LogP contribution < -0.4 is 5.90 Å². The predicted octanol–water partition coefficient (Wildman–Crippen LogP) is 4.41. The summed E-state index contributed by atoms with van der Waals surface area (Å²) >= 11 is 5.97. The minimum Gasteiger partial charge on any atom is -0.544 e. The zero-order chi connectivity index (χ0) is 20.4. The van der Waals surface area contributed by atoms with E-state index in [0.29, 0.717) is 16.3 Å². The summed E-state index contributed by atoms with van der Waals surface area (Å²) in [4.78, 5) is 17.5. The summed E-state index contributed by atoms with van der Waals surface area (Å²) in [6.07, 6.45) is -0.370. The number of esters is 1. The van der Waals surface area contributed by atoms with Gasteiger partial charge in [-0.05, 0) is 49.3 Å². The number of hydrogen-bond acceptors (Lipinski definition) is 6. The van der Waals surface area contributed by atoms with E-state index in [2.05, 4.69) is 33.9 Å². The van der Waals surface area contributed by atoms with Crippen LogP contribution in [-0.4, -0.2) is 32.8 Å². The van der Waals surface area contributed by atoms with E-state index in [9.17, 15) is 4.79 Å². The van der Waals surface area contributed by atoms with E-state index in [-0.39, 0.29) is 11.1 Å². The van der Waals surface area contributed by atoms with Crippen LogP contribution in [0.2, 0.25) is 23.2 Å². The summed E-state index contributed by atoms with van der Waals surface area (Å²) in [7, 11) is -2.18. The molecule has 6 nitrogen and oxygen atoms in total. The molecular weight excluding hydrogens is 386 g/mol. The molecule has 0 unspecified atom stereocenters. The van der Waals surface area contributed by atoms with Crippen molar-refractivity contribution in [3.63, 3.8) is 0 Å². The van der Waals surface area contributed by atoms with E-state index < -0.39 is 26.7 Å². The van der Waals surface area contributed by atoms with Crippen LogP contribution >= 0.6 is 11.6 Å². The molecular formula is C19H28ClNO5Si. The highest BCUT2D eigenvalue weighted by atomic mass is 35.5. The van der Waals surface area contributed by atoms with Crippen molar-refractivity contribution in [1.82, 2.24) is 0 Å². The Kier molecular flexibility index (Phi) is 6.75. The molecule has 2 N–H and O–H groups in total. The van der Waals surface area contributed by atoms with Gasteiger partial charge in [-0.25, -0.2) is 10.7 Å². The van der Waals surface area contributed by atoms with E-state index in [0.717, 1.165) is 0 Å². The number of hydrogen-bond donors (Lipinski definition) is 1. The maximum absolute atomic E-state index is 12.6. The summed E-state index contributed by atoms with van der Waals surface area (Å²) in [5.41, 5.74) is 0.323. The lowest BCUT2D eigenvalue weighted by atomic mass is 10.1. The van der Waals surface area contributed by atoms with Gasteiger partial charge < -0.3 is 13.9 Å². The van der Waals surface area contributed by atoms with Gasteiger partial charge in [0.25, 0.3) is 0 Å². The third-order valence-corrected chi connectivity index (χ3v) is 9.48. The molecule has 1 heterocycles. The molecule has 0 fully saturated rings. The molecule has 0 saturated heterocycles. The molecule has 0 spiro atoms. The number of carbonyl (C=O) groups excluding carboxylic acids is 1. The van der Waals surface area contributed by atoms with E-state index >= 15 is 0 Å². The highest BCUT2D eigenvalue weighted by Gasteiger charge is 2.44. The second kappa shape index (κ2) is 8.32. The maximum Gasteiger partial charge on any atom is 0.339 e. The minimum atomic E-state index is -2.18. The number of rotatable bonds is 5. The van der Waals surface area contributed by atoms with Crippen LogP contribution in [0.5, 0.6) is 0 Å². The topological polar surface area (TPSA) is 80.0 Å². The fourth-order valence-corrected chi connectivity index (χ4v) is 3.61. The molecule has 0 saturated carbocycles. The van der Waals surface area contributed by atoms with Gasteiger partial charge in [-0.2, -0.15) is 0 Å². The second-order valence-electron chi connectivity index (χ2n) is 8.11.